The standard InChI is InChI=1S/C16H16BrN3O/c1-2-7-20-16(18-11-19-20)10-21-15-6-4-12-8-14(17)5-3-13(12)9-15/h3-6,8-9,11H,2,7,10H2,1H3. The fourth-order valence-corrected chi connectivity index (χ4v) is 2.61. The fourth-order valence-electron chi connectivity index (χ4n) is 2.23. The number of hydrogen-bond acceptors (Lipinski definition) is 3. The van der Waals surface area contributed by atoms with Crippen LogP contribution in [0.1, 0.15) is 19.2 Å². The molecule has 0 aliphatic heterocycles. The predicted octanol–water partition coefficient (Wildman–Crippen LogP) is 4.18. The summed E-state index contributed by atoms with van der Waals surface area (Å²) in [6.45, 7) is 3.42. The maximum atomic E-state index is 5.84. The molecule has 0 fully saturated rings. The Hall–Kier alpha value is -1.88. The van der Waals surface area contributed by atoms with Crippen LogP contribution in [0.2, 0.25) is 0 Å². The summed E-state index contributed by atoms with van der Waals surface area (Å²) in [5, 5.41) is 6.54. The van der Waals surface area contributed by atoms with Gasteiger partial charge in [0.05, 0.1) is 0 Å². The molecule has 1 heterocycles. The minimum absolute atomic E-state index is 0.433. The van der Waals surface area contributed by atoms with E-state index in [-0.39, 0.29) is 0 Å². The molecule has 0 spiro atoms. The molecule has 3 aromatic rings. The minimum Gasteiger partial charge on any atom is -0.486 e. The van der Waals surface area contributed by atoms with Crippen molar-refractivity contribution >= 4 is 26.7 Å². The summed E-state index contributed by atoms with van der Waals surface area (Å²) in [4.78, 5) is 4.24. The van der Waals surface area contributed by atoms with Crippen molar-refractivity contribution in [2.45, 2.75) is 26.5 Å². The second-order valence-corrected chi connectivity index (χ2v) is 5.76. The van der Waals surface area contributed by atoms with Crippen LogP contribution in [-0.4, -0.2) is 14.8 Å². The molecular weight excluding hydrogens is 330 g/mol. The number of aromatic nitrogens is 3. The third-order valence-electron chi connectivity index (χ3n) is 3.27. The molecule has 0 bridgehead atoms. The molecule has 0 aliphatic carbocycles. The summed E-state index contributed by atoms with van der Waals surface area (Å²) in [6, 6.07) is 12.3. The van der Waals surface area contributed by atoms with E-state index in [0.29, 0.717) is 6.61 Å². The number of hydrogen-bond donors (Lipinski definition) is 0. The molecule has 3 rings (SSSR count). The Morgan fingerprint density at radius 2 is 1.95 bits per heavy atom. The first kappa shape index (κ1) is 14.1. The Bertz CT molecular complexity index is 754. The highest BCUT2D eigenvalue weighted by Gasteiger charge is 2.05. The molecular formula is C16H16BrN3O. The van der Waals surface area contributed by atoms with E-state index in [2.05, 4.69) is 51.1 Å². The number of benzene rings is 2. The molecule has 21 heavy (non-hydrogen) atoms. The van der Waals surface area contributed by atoms with Crippen LogP contribution in [0.4, 0.5) is 0 Å². The largest absolute Gasteiger partial charge is 0.486 e. The second kappa shape index (κ2) is 6.26. The molecule has 0 saturated carbocycles. The van der Waals surface area contributed by atoms with Gasteiger partial charge in [0.1, 0.15) is 18.7 Å². The monoisotopic (exact) mass is 345 g/mol. The van der Waals surface area contributed by atoms with Gasteiger partial charge in [0.2, 0.25) is 0 Å². The molecule has 1 aromatic heterocycles. The number of halogens is 1. The third kappa shape index (κ3) is 3.24. The van der Waals surface area contributed by atoms with Gasteiger partial charge in [0.15, 0.2) is 5.82 Å². The number of rotatable bonds is 5. The number of fused-ring (bicyclic) bond motifs is 1. The van der Waals surface area contributed by atoms with Gasteiger partial charge in [-0.2, -0.15) is 5.10 Å². The van der Waals surface area contributed by atoms with Crippen molar-refractivity contribution in [2.24, 2.45) is 0 Å². The van der Waals surface area contributed by atoms with E-state index in [4.69, 9.17) is 4.74 Å². The van der Waals surface area contributed by atoms with Crippen molar-refractivity contribution in [3.05, 3.63) is 53.0 Å². The topological polar surface area (TPSA) is 39.9 Å². The molecule has 2 aromatic carbocycles. The average molecular weight is 346 g/mol. The Morgan fingerprint density at radius 1 is 1.14 bits per heavy atom. The molecule has 0 N–H and O–H groups in total. The van der Waals surface area contributed by atoms with Gasteiger partial charge < -0.3 is 4.74 Å². The molecule has 0 radical (unpaired) electrons. The van der Waals surface area contributed by atoms with Gasteiger partial charge in [-0.3, -0.25) is 0 Å². The SMILES string of the molecule is CCCn1ncnc1COc1ccc2cc(Br)ccc2c1. The number of ether oxygens (including phenoxy) is 1. The van der Waals surface area contributed by atoms with E-state index in [1.165, 1.54) is 5.39 Å². The second-order valence-electron chi connectivity index (χ2n) is 4.84. The van der Waals surface area contributed by atoms with Gasteiger partial charge >= 0.3 is 0 Å². The zero-order chi connectivity index (χ0) is 14.7. The molecule has 0 saturated heterocycles. The predicted molar refractivity (Wildman–Crippen MR) is 86.3 cm³/mol. The van der Waals surface area contributed by atoms with Crippen molar-refractivity contribution in [3.63, 3.8) is 0 Å². The van der Waals surface area contributed by atoms with Crippen molar-refractivity contribution in [3.8, 4) is 5.75 Å². The van der Waals surface area contributed by atoms with Crippen LogP contribution in [-0.2, 0) is 13.2 Å². The summed E-state index contributed by atoms with van der Waals surface area (Å²) in [6.07, 6.45) is 2.60. The highest BCUT2D eigenvalue weighted by Crippen LogP contribution is 2.24. The van der Waals surface area contributed by atoms with Gasteiger partial charge in [0, 0.05) is 11.0 Å². The Balaban J connectivity index is 1.75. The van der Waals surface area contributed by atoms with Crippen LogP contribution in [0.3, 0.4) is 0 Å². The maximum Gasteiger partial charge on any atom is 0.164 e. The van der Waals surface area contributed by atoms with Crippen LogP contribution >= 0.6 is 15.9 Å². The normalized spacial score (nSPS) is 11.0. The van der Waals surface area contributed by atoms with E-state index in [1.54, 1.807) is 6.33 Å². The molecule has 0 unspecified atom stereocenters. The van der Waals surface area contributed by atoms with Gasteiger partial charge in [-0.25, -0.2) is 9.67 Å². The van der Waals surface area contributed by atoms with Crippen molar-refractivity contribution in [1.82, 2.24) is 14.8 Å². The molecule has 4 nitrogen and oxygen atoms in total. The van der Waals surface area contributed by atoms with Gasteiger partial charge in [-0.1, -0.05) is 35.0 Å². The quantitative estimate of drug-likeness (QED) is 0.696. The minimum atomic E-state index is 0.433. The summed E-state index contributed by atoms with van der Waals surface area (Å²) >= 11 is 3.48. The van der Waals surface area contributed by atoms with Gasteiger partial charge in [-0.15, -0.1) is 0 Å². The van der Waals surface area contributed by atoms with Gasteiger partial charge in [0.25, 0.3) is 0 Å². The first-order chi connectivity index (χ1) is 10.3. The lowest BCUT2D eigenvalue weighted by Gasteiger charge is -2.08. The maximum absolute atomic E-state index is 5.84. The summed E-state index contributed by atoms with van der Waals surface area (Å²) in [5.74, 6) is 1.70. The van der Waals surface area contributed by atoms with Crippen LogP contribution in [0.15, 0.2) is 47.2 Å². The van der Waals surface area contributed by atoms with E-state index in [0.717, 1.165) is 34.4 Å². The molecule has 0 amide bonds. The van der Waals surface area contributed by atoms with E-state index < -0.39 is 0 Å². The Labute approximate surface area is 131 Å². The fraction of sp³-hybridized carbons (Fsp3) is 0.250. The van der Waals surface area contributed by atoms with Crippen molar-refractivity contribution < 1.29 is 4.74 Å². The van der Waals surface area contributed by atoms with E-state index >= 15 is 0 Å². The molecule has 5 heteroatoms. The van der Waals surface area contributed by atoms with Crippen LogP contribution in [0.5, 0.6) is 5.75 Å². The Kier molecular flexibility index (Phi) is 4.20. The summed E-state index contributed by atoms with van der Waals surface area (Å²) in [7, 11) is 0. The van der Waals surface area contributed by atoms with Crippen LogP contribution in [0.25, 0.3) is 10.8 Å². The van der Waals surface area contributed by atoms with Crippen LogP contribution in [0, 0.1) is 0 Å². The Morgan fingerprint density at radius 3 is 2.81 bits per heavy atom. The zero-order valence-electron chi connectivity index (χ0n) is 11.8. The highest BCUT2D eigenvalue weighted by molar-refractivity contribution is 9.10. The number of nitrogens with zero attached hydrogens (tertiary/aromatic N) is 3. The molecule has 108 valence electrons. The molecule has 0 atom stereocenters. The highest BCUT2D eigenvalue weighted by atomic mass is 79.9. The first-order valence-electron chi connectivity index (χ1n) is 6.95. The lowest BCUT2D eigenvalue weighted by Crippen LogP contribution is -2.08. The summed E-state index contributed by atoms with van der Waals surface area (Å²) in [5.41, 5.74) is 0. The van der Waals surface area contributed by atoms with Gasteiger partial charge in [-0.05, 0) is 41.5 Å². The smallest absolute Gasteiger partial charge is 0.164 e. The van der Waals surface area contributed by atoms with Crippen molar-refractivity contribution in [1.29, 1.82) is 0 Å². The third-order valence-corrected chi connectivity index (χ3v) is 3.77. The van der Waals surface area contributed by atoms with E-state index in [1.807, 2.05) is 22.9 Å². The first-order valence-corrected chi connectivity index (χ1v) is 7.74. The summed E-state index contributed by atoms with van der Waals surface area (Å²) < 4.78 is 8.81. The number of aryl methyl sites for hydroxylation is 1. The zero-order valence-corrected chi connectivity index (χ0v) is 13.4. The lowest BCUT2D eigenvalue weighted by atomic mass is 10.1. The lowest BCUT2D eigenvalue weighted by molar-refractivity contribution is 0.286. The van der Waals surface area contributed by atoms with E-state index in [9.17, 15) is 0 Å². The van der Waals surface area contributed by atoms with Crippen molar-refractivity contribution in [2.75, 3.05) is 0 Å². The average Bonchev–Trinajstić information content (AvgIpc) is 2.93. The molecule has 0 aliphatic rings. The van der Waals surface area contributed by atoms with Crippen LogP contribution < -0.4 is 4.74 Å².